The summed E-state index contributed by atoms with van der Waals surface area (Å²) in [4.78, 5) is 13.1. The lowest BCUT2D eigenvalue weighted by Gasteiger charge is -2.25. The molecule has 18 heavy (non-hydrogen) atoms. The molecule has 4 heteroatoms. The Morgan fingerprint density at radius 1 is 1.44 bits per heavy atom. The predicted molar refractivity (Wildman–Crippen MR) is 70.8 cm³/mol. The lowest BCUT2D eigenvalue weighted by molar-refractivity contribution is 0.0657. The molecule has 0 amide bonds. The first-order valence-corrected chi connectivity index (χ1v) is 6.34. The Hall–Kier alpha value is -1.29. The molecule has 0 spiro atoms. The van der Waals surface area contributed by atoms with Crippen LogP contribution in [0.5, 0.6) is 0 Å². The molecular weight excluding hydrogens is 230 g/mol. The van der Waals surface area contributed by atoms with Gasteiger partial charge in [-0.15, -0.1) is 0 Å². The van der Waals surface area contributed by atoms with Gasteiger partial charge in [-0.2, -0.15) is 0 Å². The van der Waals surface area contributed by atoms with Gasteiger partial charge in [-0.25, -0.2) is 4.79 Å². The Labute approximate surface area is 109 Å². The fraction of sp³-hybridized carbons (Fsp3) is 0.643. The maximum atomic E-state index is 10.9. The lowest BCUT2D eigenvalue weighted by Crippen LogP contribution is -2.29. The van der Waals surface area contributed by atoms with Crippen molar-refractivity contribution >= 4 is 5.97 Å². The van der Waals surface area contributed by atoms with Gasteiger partial charge in [-0.05, 0) is 39.3 Å². The highest BCUT2D eigenvalue weighted by atomic mass is 16.4. The molecule has 0 aliphatic carbocycles. The summed E-state index contributed by atoms with van der Waals surface area (Å²) in [7, 11) is 2.03. The third-order valence-corrected chi connectivity index (χ3v) is 3.13. The average molecular weight is 253 g/mol. The number of aryl methyl sites for hydroxylation is 1. The van der Waals surface area contributed by atoms with Gasteiger partial charge in [0.25, 0.3) is 0 Å². The SMILES string of the molecule is Cc1cc(CN(C)C(C)CC(C)C)oc1C(=O)O. The Morgan fingerprint density at radius 3 is 2.50 bits per heavy atom. The van der Waals surface area contributed by atoms with E-state index in [4.69, 9.17) is 9.52 Å². The Morgan fingerprint density at radius 2 is 2.06 bits per heavy atom. The van der Waals surface area contributed by atoms with E-state index in [1.165, 1.54) is 0 Å². The minimum absolute atomic E-state index is 0.0508. The second-order valence-corrected chi connectivity index (χ2v) is 5.42. The van der Waals surface area contributed by atoms with E-state index in [2.05, 4.69) is 25.7 Å². The van der Waals surface area contributed by atoms with E-state index in [0.29, 0.717) is 29.8 Å². The zero-order chi connectivity index (χ0) is 13.9. The summed E-state index contributed by atoms with van der Waals surface area (Å²) in [5.74, 6) is 0.407. The quantitative estimate of drug-likeness (QED) is 0.846. The summed E-state index contributed by atoms with van der Waals surface area (Å²) in [5.41, 5.74) is 0.683. The molecule has 1 heterocycles. The first-order valence-electron chi connectivity index (χ1n) is 6.34. The molecule has 1 unspecified atom stereocenters. The summed E-state index contributed by atoms with van der Waals surface area (Å²) in [6, 6.07) is 2.26. The molecule has 1 N–H and O–H groups in total. The van der Waals surface area contributed by atoms with Crippen molar-refractivity contribution in [2.45, 2.75) is 46.7 Å². The molecule has 0 bridgehead atoms. The molecule has 0 fully saturated rings. The van der Waals surface area contributed by atoms with Crippen molar-refractivity contribution in [1.82, 2.24) is 4.90 Å². The average Bonchev–Trinajstić information content (AvgIpc) is 2.58. The fourth-order valence-corrected chi connectivity index (χ4v) is 2.10. The van der Waals surface area contributed by atoms with Crippen LogP contribution >= 0.6 is 0 Å². The molecule has 0 aliphatic heterocycles. The summed E-state index contributed by atoms with van der Waals surface area (Å²) in [6.45, 7) is 8.97. The van der Waals surface area contributed by atoms with Crippen LogP contribution in [-0.4, -0.2) is 29.1 Å². The maximum absolute atomic E-state index is 10.9. The molecule has 4 nitrogen and oxygen atoms in total. The zero-order valence-electron chi connectivity index (χ0n) is 11.9. The van der Waals surface area contributed by atoms with Crippen molar-refractivity contribution in [2.75, 3.05) is 7.05 Å². The molecule has 1 atom stereocenters. The van der Waals surface area contributed by atoms with Gasteiger partial charge in [0, 0.05) is 11.6 Å². The van der Waals surface area contributed by atoms with Crippen LogP contribution in [0, 0.1) is 12.8 Å². The highest BCUT2D eigenvalue weighted by Gasteiger charge is 2.17. The highest BCUT2D eigenvalue weighted by molar-refractivity contribution is 5.86. The Balaban J connectivity index is 2.67. The van der Waals surface area contributed by atoms with Crippen molar-refractivity contribution in [3.63, 3.8) is 0 Å². The summed E-state index contributed by atoms with van der Waals surface area (Å²) < 4.78 is 5.36. The molecular formula is C14H23NO3. The number of rotatable bonds is 6. The van der Waals surface area contributed by atoms with Crippen LogP contribution < -0.4 is 0 Å². The largest absolute Gasteiger partial charge is 0.475 e. The van der Waals surface area contributed by atoms with E-state index < -0.39 is 5.97 Å². The number of carboxylic acids is 1. The van der Waals surface area contributed by atoms with Crippen LogP contribution in [-0.2, 0) is 6.54 Å². The number of furan rings is 1. The van der Waals surface area contributed by atoms with E-state index in [9.17, 15) is 4.79 Å². The van der Waals surface area contributed by atoms with Crippen LogP contribution in [0.25, 0.3) is 0 Å². The monoisotopic (exact) mass is 253 g/mol. The number of nitrogens with zero attached hydrogens (tertiary/aromatic N) is 1. The van der Waals surface area contributed by atoms with Crippen molar-refractivity contribution in [3.8, 4) is 0 Å². The van der Waals surface area contributed by atoms with Gasteiger partial charge in [-0.1, -0.05) is 13.8 Å². The second kappa shape index (κ2) is 6.05. The maximum Gasteiger partial charge on any atom is 0.372 e. The molecule has 102 valence electrons. The van der Waals surface area contributed by atoms with E-state index in [1.54, 1.807) is 6.92 Å². The summed E-state index contributed by atoms with van der Waals surface area (Å²) >= 11 is 0. The summed E-state index contributed by atoms with van der Waals surface area (Å²) in [5, 5.41) is 8.93. The second-order valence-electron chi connectivity index (χ2n) is 5.42. The Kier molecular flexibility index (Phi) is 4.96. The van der Waals surface area contributed by atoms with E-state index in [1.807, 2.05) is 13.1 Å². The minimum atomic E-state index is -1.00. The number of carbonyl (C=O) groups is 1. The van der Waals surface area contributed by atoms with Crippen LogP contribution in [0.3, 0.4) is 0 Å². The molecule has 1 rings (SSSR count). The summed E-state index contributed by atoms with van der Waals surface area (Å²) in [6.07, 6.45) is 1.11. The predicted octanol–water partition coefficient (Wildman–Crippen LogP) is 3.15. The third kappa shape index (κ3) is 3.88. The van der Waals surface area contributed by atoms with Gasteiger partial charge >= 0.3 is 5.97 Å². The number of hydrogen-bond donors (Lipinski definition) is 1. The topological polar surface area (TPSA) is 53.7 Å². The van der Waals surface area contributed by atoms with Gasteiger partial charge in [0.1, 0.15) is 5.76 Å². The van der Waals surface area contributed by atoms with E-state index >= 15 is 0 Å². The van der Waals surface area contributed by atoms with Gasteiger partial charge in [-0.3, -0.25) is 4.90 Å². The molecule has 0 saturated carbocycles. The number of hydrogen-bond acceptors (Lipinski definition) is 3. The smallest absolute Gasteiger partial charge is 0.372 e. The third-order valence-electron chi connectivity index (χ3n) is 3.13. The highest BCUT2D eigenvalue weighted by Crippen LogP contribution is 2.18. The molecule has 1 aromatic heterocycles. The van der Waals surface area contributed by atoms with Crippen molar-refractivity contribution in [3.05, 3.63) is 23.2 Å². The van der Waals surface area contributed by atoms with E-state index in [-0.39, 0.29) is 5.76 Å². The Bertz CT molecular complexity index is 409. The van der Waals surface area contributed by atoms with Gasteiger partial charge in [0.2, 0.25) is 5.76 Å². The van der Waals surface area contributed by atoms with Crippen molar-refractivity contribution in [2.24, 2.45) is 5.92 Å². The number of aromatic carboxylic acids is 1. The van der Waals surface area contributed by atoms with Gasteiger partial charge in [0.15, 0.2) is 0 Å². The van der Waals surface area contributed by atoms with E-state index in [0.717, 1.165) is 6.42 Å². The minimum Gasteiger partial charge on any atom is -0.475 e. The number of carboxylic acid groups (broad SMARTS) is 1. The molecule has 0 saturated heterocycles. The molecule has 0 radical (unpaired) electrons. The molecule has 0 aromatic carbocycles. The van der Waals surface area contributed by atoms with Crippen molar-refractivity contribution < 1.29 is 14.3 Å². The van der Waals surface area contributed by atoms with Crippen LogP contribution in [0.15, 0.2) is 10.5 Å². The van der Waals surface area contributed by atoms with Crippen molar-refractivity contribution in [1.29, 1.82) is 0 Å². The van der Waals surface area contributed by atoms with Gasteiger partial charge in [0.05, 0.1) is 6.54 Å². The normalized spacial score (nSPS) is 13.3. The van der Waals surface area contributed by atoms with Crippen LogP contribution in [0.1, 0.15) is 49.1 Å². The van der Waals surface area contributed by atoms with Crippen LogP contribution in [0.2, 0.25) is 0 Å². The zero-order valence-corrected chi connectivity index (χ0v) is 11.9. The molecule has 0 aliphatic rings. The van der Waals surface area contributed by atoms with Crippen LogP contribution in [0.4, 0.5) is 0 Å². The first kappa shape index (κ1) is 14.8. The fourth-order valence-electron chi connectivity index (χ4n) is 2.10. The molecule has 1 aromatic rings. The standard InChI is InChI=1S/C14H23NO3/c1-9(2)6-11(4)15(5)8-12-7-10(3)13(18-12)14(16)17/h7,9,11H,6,8H2,1-5H3,(H,16,17). The first-order chi connectivity index (χ1) is 8.31. The lowest BCUT2D eigenvalue weighted by atomic mass is 10.0. The van der Waals surface area contributed by atoms with Gasteiger partial charge < -0.3 is 9.52 Å².